The predicted octanol–water partition coefficient (Wildman–Crippen LogP) is 2.90. The predicted molar refractivity (Wildman–Crippen MR) is 65.6 cm³/mol. The smallest absolute Gasteiger partial charge is 0.221 e. The summed E-state index contributed by atoms with van der Waals surface area (Å²) in [5.74, 6) is 0.134. The summed E-state index contributed by atoms with van der Waals surface area (Å²) < 4.78 is 0. The van der Waals surface area contributed by atoms with Gasteiger partial charge < -0.3 is 5.32 Å². The van der Waals surface area contributed by atoms with Gasteiger partial charge in [0.25, 0.3) is 0 Å². The Hall–Kier alpha value is -1.02. The van der Waals surface area contributed by atoms with Crippen LogP contribution in [0.1, 0.15) is 32.3 Å². The topological polar surface area (TPSA) is 29.1 Å². The Balaban J connectivity index is 2.46. The molecule has 0 radical (unpaired) electrons. The molecular formula is C13H16ClNO. The number of carbonyl (C=O) groups is 1. The van der Waals surface area contributed by atoms with E-state index in [2.05, 4.69) is 25.2 Å². The highest BCUT2D eigenvalue weighted by Gasteiger charge is 2.44. The van der Waals surface area contributed by atoms with Crippen molar-refractivity contribution < 1.29 is 4.79 Å². The van der Waals surface area contributed by atoms with E-state index in [0.717, 1.165) is 17.0 Å². The normalized spacial score (nSPS) is 29.2. The zero-order valence-corrected chi connectivity index (χ0v) is 10.3. The molecule has 1 aromatic carbocycles. The molecule has 1 N–H and O–H groups in total. The number of amides is 1. The summed E-state index contributed by atoms with van der Waals surface area (Å²) in [6, 6.07) is 8.02. The molecule has 16 heavy (non-hydrogen) atoms. The molecule has 2 nitrogen and oxygen atoms in total. The molecular weight excluding hydrogens is 222 g/mol. The van der Waals surface area contributed by atoms with E-state index in [-0.39, 0.29) is 17.4 Å². The molecule has 1 saturated heterocycles. The molecule has 0 bridgehead atoms. The van der Waals surface area contributed by atoms with Gasteiger partial charge >= 0.3 is 0 Å². The molecule has 2 unspecified atom stereocenters. The van der Waals surface area contributed by atoms with Crippen LogP contribution >= 0.6 is 11.6 Å². The second-order valence-corrected chi connectivity index (χ2v) is 4.92. The highest BCUT2D eigenvalue weighted by atomic mass is 35.5. The Bertz CT molecular complexity index is 418. The minimum Gasteiger partial charge on any atom is -0.353 e. The maximum Gasteiger partial charge on any atom is 0.221 e. The van der Waals surface area contributed by atoms with Gasteiger partial charge in [-0.1, -0.05) is 30.7 Å². The molecule has 1 aliphatic rings. The van der Waals surface area contributed by atoms with Gasteiger partial charge in [0.05, 0.1) is 0 Å². The van der Waals surface area contributed by atoms with Crippen molar-refractivity contribution in [1.29, 1.82) is 0 Å². The third kappa shape index (κ3) is 1.71. The lowest BCUT2D eigenvalue weighted by molar-refractivity contribution is -0.119. The number of benzene rings is 1. The average molecular weight is 238 g/mol. The van der Waals surface area contributed by atoms with Crippen LogP contribution in [-0.2, 0) is 10.2 Å². The summed E-state index contributed by atoms with van der Waals surface area (Å²) in [4.78, 5) is 11.5. The van der Waals surface area contributed by atoms with E-state index in [1.54, 1.807) is 0 Å². The van der Waals surface area contributed by atoms with Gasteiger partial charge in [-0.05, 0) is 31.0 Å². The van der Waals surface area contributed by atoms with E-state index >= 15 is 0 Å². The lowest BCUT2D eigenvalue weighted by Crippen LogP contribution is -2.37. The van der Waals surface area contributed by atoms with Gasteiger partial charge in [0.15, 0.2) is 0 Å². The maximum absolute atomic E-state index is 11.5. The SMILES string of the molecule is CCC1(c2cccc(Cl)c2)CC(=O)NC1C. The molecule has 1 fully saturated rings. The van der Waals surface area contributed by atoms with Gasteiger partial charge in [0.2, 0.25) is 5.91 Å². The molecule has 1 amide bonds. The van der Waals surface area contributed by atoms with Crippen molar-refractivity contribution in [2.75, 3.05) is 0 Å². The fraction of sp³-hybridized carbons (Fsp3) is 0.462. The zero-order valence-electron chi connectivity index (χ0n) is 9.59. The van der Waals surface area contributed by atoms with E-state index in [4.69, 9.17) is 11.6 Å². The van der Waals surface area contributed by atoms with Crippen molar-refractivity contribution in [3.63, 3.8) is 0 Å². The van der Waals surface area contributed by atoms with Crippen LogP contribution in [0.25, 0.3) is 0 Å². The lowest BCUT2D eigenvalue weighted by Gasteiger charge is -2.31. The van der Waals surface area contributed by atoms with Crippen LogP contribution in [0, 0.1) is 0 Å². The minimum atomic E-state index is -0.0953. The first-order valence-electron chi connectivity index (χ1n) is 5.64. The number of halogens is 1. The van der Waals surface area contributed by atoms with Crippen LogP contribution < -0.4 is 5.32 Å². The lowest BCUT2D eigenvalue weighted by atomic mass is 9.73. The van der Waals surface area contributed by atoms with Crippen molar-refractivity contribution in [2.45, 2.75) is 38.1 Å². The number of nitrogens with one attached hydrogen (secondary N) is 1. The monoisotopic (exact) mass is 237 g/mol. The van der Waals surface area contributed by atoms with Crippen LogP contribution in [0.5, 0.6) is 0 Å². The zero-order chi connectivity index (χ0) is 11.8. The molecule has 86 valence electrons. The van der Waals surface area contributed by atoms with Crippen molar-refractivity contribution >= 4 is 17.5 Å². The summed E-state index contributed by atoms with van der Waals surface area (Å²) in [5, 5.41) is 3.73. The number of carbonyl (C=O) groups excluding carboxylic acids is 1. The Morgan fingerprint density at radius 3 is 2.81 bits per heavy atom. The molecule has 3 heteroatoms. The molecule has 2 atom stereocenters. The van der Waals surface area contributed by atoms with Crippen LogP contribution in [0.4, 0.5) is 0 Å². The van der Waals surface area contributed by atoms with Gasteiger partial charge in [-0.2, -0.15) is 0 Å². The third-order valence-corrected chi connectivity index (χ3v) is 3.95. The molecule has 0 aliphatic carbocycles. The number of rotatable bonds is 2. The molecule has 1 heterocycles. The third-order valence-electron chi connectivity index (χ3n) is 3.71. The second kappa shape index (κ2) is 4.10. The highest BCUT2D eigenvalue weighted by molar-refractivity contribution is 6.30. The summed E-state index contributed by atoms with van der Waals surface area (Å²) >= 11 is 6.02. The average Bonchev–Trinajstić information content (AvgIpc) is 2.54. The molecule has 1 aliphatic heterocycles. The Morgan fingerprint density at radius 2 is 2.31 bits per heavy atom. The summed E-state index contributed by atoms with van der Waals surface area (Å²) in [5.41, 5.74) is 1.07. The van der Waals surface area contributed by atoms with Crippen molar-refractivity contribution in [3.8, 4) is 0 Å². The molecule has 0 aromatic heterocycles. The Morgan fingerprint density at radius 1 is 1.56 bits per heavy atom. The van der Waals surface area contributed by atoms with Crippen LogP contribution in [0.2, 0.25) is 5.02 Å². The van der Waals surface area contributed by atoms with E-state index in [1.807, 2.05) is 18.2 Å². The van der Waals surface area contributed by atoms with E-state index in [1.165, 1.54) is 0 Å². The number of hydrogen-bond acceptors (Lipinski definition) is 1. The van der Waals surface area contributed by atoms with Gasteiger partial charge in [0, 0.05) is 22.9 Å². The van der Waals surface area contributed by atoms with E-state index in [9.17, 15) is 4.79 Å². The van der Waals surface area contributed by atoms with Crippen molar-refractivity contribution in [2.24, 2.45) is 0 Å². The minimum absolute atomic E-state index is 0.0953. The summed E-state index contributed by atoms with van der Waals surface area (Å²) in [7, 11) is 0. The van der Waals surface area contributed by atoms with Crippen LogP contribution in [-0.4, -0.2) is 11.9 Å². The van der Waals surface area contributed by atoms with Gasteiger partial charge in [0.1, 0.15) is 0 Å². The van der Waals surface area contributed by atoms with Gasteiger partial charge in [-0.3, -0.25) is 4.79 Å². The Labute approximate surface area is 101 Å². The van der Waals surface area contributed by atoms with Crippen molar-refractivity contribution in [3.05, 3.63) is 34.9 Å². The summed E-state index contributed by atoms with van der Waals surface area (Å²) in [6.07, 6.45) is 1.50. The number of hydrogen-bond donors (Lipinski definition) is 1. The van der Waals surface area contributed by atoms with E-state index in [0.29, 0.717) is 6.42 Å². The van der Waals surface area contributed by atoms with Gasteiger partial charge in [-0.15, -0.1) is 0 Å². The van der Waals surface area contributed by atoms with Crippen LogP contribution in [0.15, 0.2) is 24.3 Å². The second-order valence-electron chi connectivity index (χ2n) is 4.49. The summed E-state index contributed by atoms with van der Waals surface area (Å²) in [6.45, 7) is 4.19. The maximum atomic E-state index is 11.5. The first-order valence-corrected chi connectivity index (χ1v) is 6.01. The Kier molecular flexibility index (Phi) is 2.94. The largest absolute Gasteiger partial charge is 0.353 e. The highest BCUT2D eigenvalue weighted by Crippen LogP contribution is 2.39. The first-order chi connectivity index (χ1) is 7.58. The first kappa shape index (κ1) is 11.5. The van der Waals surface area contributed by atoms with E-state index < -0.39 is 0 Å². The fourth-order valence-corrected chi connectivity index (χ4v) is 2.85. The molecule has 1 aromatic rings. The standard InChI is InChI=1S/C13H16ClNO/c1-3-13(8-12(16)15-9(13)2)10-5-4-6-11(14)7-10/h4-7,9H,3,8H2,1-2H3,(H,15,16). The molecule has 0 spiro atoms. The molecule has 0 saturated carbocycles. The van der Waals surface area contributed by atoms with Crippen LogP contribution in [0.3, 0.4) is 0 Å². The molecule has 2 rings (SSSR count). The van der Waals surface area contributed by atoms with Gasteiger partial charge in [-0.25, -0.2) is 0 Å². The van der Waals surface area contributed by atoms with Crippen molar-refractivity contribution in [1.82, 2.24) is 5.32 Å². The quantitative estimate of drug-likeness (QED) is 0.842. The fourth-order valence-electron chi connectivity index (χ4n) is 2.66.